The van der Waals surface area contributed by atoms with Crippen molar-refractivity contribution in [1.29, 1.82) is 0 Å². The van der Waals surface area contributed by atoms with Crippen LogP contribution in [0, 0.1) is 15.2 Å². The molecule has 1 aromatic rings. The standard InChI is InChI=1S/C23H18F2IN2O3S/c24-15-7-13-20(9-17(15)26-28-23(30)18(27)11-32)31-21-10-19(29)16(25)8-14(21)22(13)12-5-3-1-2-4-6-12/h1-3,5-10,18,32H,4,11,27H2,(H,28,30)/q-1/t18-/m0/s1. The van der Waals surface area contributed by atoms with Gasteiger partial charge >= 0.3 is 199 Å². The van der Waals surface area contributed by atoms with Crippen molar-refractivity contribution in [3.63, 3.8) is 0 Å². The first kappa shape index (κ1) is 22.7. The van der Waals surface area contributed by atoms with Gasteiger partial charge in [-0.1, -0.05) is 0 Å². The average Bonchev–Trinajstić information content (AvgIpc) is 3.06. The maximum atomic E-state index is 15.0. The number of nitrogens with two attached hydrogens (primary N) is 1. The van der Waals surface area contributed by atoms with E-state index in [9.17, 15) is 14.0 Å². The zero-order chi connectivity index (χ0) is 22.8. The molecule has 0 saturated carbocycles. The van der Waals surface area contributed by atoms with E-state index in [0.29, 0.717) is 32.1 Å². The van der Waals surface area contributed by atoms with Gasteiger partial charge in [0.15, 0.2) is 0 Å². The van der Waals surface area contributed by atoms with Crippen molar-refractivity contribution < 1.29 is 39.5 Å². The molecule has 1 aliphatic heterocycles. The van der Waals surface area contributed by atoms with Gasteiger partial charge in [0.05, 0.1) is 0 Å². The van der Waals surface area contributed by atoms with Gasteiger partial charge in [-0.2, -0.15) is 0 Å². The van der Waals surface area contributed by atoms with E-state index >= 15 is 4.39 Å². The van der Waals surface area contributed by atoms with Gasteiger partial charge in [-0.05, 0) is 0 Å². The maximum absolute atomic E-state index is 15.0. The summed E-state index contributed by atoms with van der Waals surface area (Å²) in [6.45, 7) is 0. The number of allylic oxidation sites excluding steroid dienone is 6. The summed E-state index contributed by atoms with van der Waals surface area (Å²) in [5.74, 6) is -1.46. The molecule has 0 bridgehead atoms. The number of carbonyl (C=O) groups is 1. The quantitative estimate of drug-likeness (QED) is 0.183. The number of thiol groups is 1. The molecule has 4 rings (SSSR count). The zero-order valence-electron chi connectivity index (χ0n) is 16.6. The normalized spacial score (nSPS) is 14.6. The molecule has 9 heteroatoms. The predicted octanol–water partition coefficient (Wildman–Crippen LogP) is 0.622. The molecule has 1 aromatic carbocycles. The molecule has 1 heterocycles. The first-order valence-electron chi connectivity index (χ1n) is 9.62. The number of hydrogen-bond acceptors (Lipinski definition) is 5. The van der Waals surface area contributed by atoms with E-state index in [4.69, 9.17) is 10.2 Å². The van der Waals surface area contributed by atoms with Crippen molar-refractivity contribution in [2.45, 2.75) is 12.5 Å². The van der Waals surface area contributed by atoms with Gasteiger partial charge in [-0.25, -0.2) is 0 Å². The van der Waals surface area contributed by atoms with Crippen LogP contribution in [0.1, 0.15) is 12.0 Å². The fourth-order valence-corrected chi connectivity index (χ4v) is 5.26. The first-order chi connectivity index (χ1) is 15.4. The summed E-state index contributed by atoms with van der Waals surface area (Å²) in [7, 11) is 0. The SMILES string of the molecule is N[C@@H](CS)C(=O)N[I-]c1cc2oc3cc(=O)c(F)cc-3c(C3=CCC=CC=C3)c2cc1F. The van der Waals surface area contributed by atoms with E-state index in [-0.39, 0.29) is 11.5 Å². The molecule has 0 unspecified atom stereocenters. The number of carbonyl (C=O) groups excluding carboxylic acids is 1. The van der Waals surface area contributed by atoms with Gasteiger partial charge in [0.1, 0.15) is 0 Å². The summed E-state index contributed by atoms with van der Waals surface area (Å²) >= 11 is 2.75. The van der Waals surface area contributed by atoms with Gasteiger partial charge in [0, 0.05) is 0 Å². The fourth-order valence-electron chi connectivity index (χ4n) is 3.29. The minimum absolute atomic E-state index is 0.173. The number of halogens is 3. The minimum atomic E-state index is -1.24. The number of nitrogens with one attached hydrogen (secondary N) is 1. The van der Waals surface area contributed by atoms with Crippen LogP contribution in [0.2, 0.25) is 0 Å². The molecule has 3 N–H and O–H groups in total. The Morgan fingerprint density at radius 2 is 2.03 bits per heavy atom. The third-order valence-corrected chi connectivity index (χ3v) is 7.48. The summed E-state index contributed by atoms with van der Waals surface area (Å²) in [4.78, 5) is 23.9. The van der Waals surface area contributed by atoms with Crippen LogP contribution in [0.25, 0.3) is 27.9 Å². The third-order valence-electron chi connectivity index (χ3n) is 4.88. The number of benzene rings is 2. The number of amides is 1. The zero-order valence-corrected chi connectivity index (χ0v) is 19.6. The Morgan fingerprint density at radius 1 is 1.22 bits per heavy atom. The monoisotopic (exact) mass is 567 g/mol. The predicted molar refractivity (Wildman–Crippen MR) is 119 cm³/mol. The van der Waals surface area contributed by atoms with Crippen LogP contribution in [-0.2, 0) is 4.79 Å². The first-order valence-corrected chi connectivity index (χ1v) is 12.4. The molecular weight excluding hydrogens is 549 g/mol. The van der Waals surface area contributed by atoms with Crippen LogP contribution >= 0.6 is 12.6 Å². The Morgan fingerprint density at radius 3 is 2.81 bits per heavy atom. The van der Waals surface area contributed by atoms with Crippen LogP contribution in [-0.4, -0.2) is 17.7 Å². The summed E-state index contributed by atoms with van der Waals surface area (Å²) in [5, 5.41) is 0.442. The Bertz CT molecular complexity index is 1330. The van der Waals surface area contributed by atoms with E-state index in [1.54, 1.807) is 0 Å². The van der Waals surface area contributed by atoms with Gasteiger partial charge in [0.25, 0.3) is 0 Å². The third kappa shape index (κ3) is 4.50. The van der Waals surface area contributed by atoms with Crippen LogP contribution in [0.3, 0.4) is 0 Å². The molecule has 0 fully saturated rings. The molecule has 1 atom stereocenters. The number of fused-ring (bicyclic) bond motifs is 2. The van der Waals surface area contributed by atoms with Crippen molar-refractivity contribution >= 4 is 35.1 Å². The Labute approximate surface area is 198 Å². The molecule has 0 saturated heterocycles. The molecular formula is C23H18F2IN2O3S-. The second-order valence-electron chi connectivity index (χ2n) is 7.04. The topological polar surface area (TPSA) is 85.3 Å². The van der Waals surface area contributed by atoms with E-state index in [2.05, 4.69) is 16.2 Å². The molecule has 32 heavy (non-hydrogen) atoms. The second-order valence-corrected chi connectivity index (χ2v) is 9.65. The molecule has 0 radical (unpaired) electrons. The Kier molecular flexibility index (Phi) is 6.77. The van der Waals surface area contributed by atoms with Crippen molar-refractivity contribution in [3.8, 4) is 11.3 Å². The molecule has 1 amide bonds. The summed E-state index contributed by atoms with van der Waals surface area (Å²) in [5.41, 5.74) is 6.90. The van der Waals surface area contributed by atoms with Crippen molar-refractivity contribution in [3.05, 3.63) is 85.6 Å². The summed E-state index contributed by atoms with van der Waals surface area (Å²) < 4.78 is 38.1. The summed E-state index contributed by atoms with van der Waals surface area (Å²) in [6, 6.07) is 4.28. The second kappa shape index (κ2) is 9.55. The average molecular weight is 567 g/mol. The van der Waals surface area contributed by atoms with Crippen LogP contribution in [0.5, 0.6) is 0 Å². The molecule has 0 aromatic heterocycles. The number of rotatable bonds is 5. The summed E-state index contributed by atoms with van der Waals surface area (Å²) in [6.07, 6.45) is 10.1. The van der Waals surface area contributed by atoms with Crippen LogP contribution in [0.4, 0.5) is 8.78 Å². The van der Waals surface area contributed by atoms with E-state index in [1.807, 2.05) is 30.4 Å². The molecule has 3 aliphatic rings. The van der Waals surface area contributed by atoms with Gasteiger partial charge in [-0.3, -0.25) is 0 Å². The number of hydrogen-bond donors (Lipinski definition) is 3. The molecule has 5 nitrogen and oxygen atoms in total. The van der Waals surface area contributed by atoms with Crippen molar-refractivity contribution in [1.82, 2.24) is 3.53 Å². The fraction of sp³-hybridized carbons (Fsp3) is 0.130. The molecule has 0 spiro atoms. The van der Waals surface area contributed by atoms with Gasteiger partial charge < -0.3 is 0 Å². The van der Waals surface area contributed by atoms with Crippen LogP contribution in [0.15, 0.2) is 63.9 Å². The Balaban J connectivity index is 1.90. The van der Waals surface area contributed by atoms with Gasteiger partial charge in [-0.15, -0.1) is 0 Å². The van der Waals surface area contributed by atoms with E-state index < -0.39 is 50.5 Å². The molecule has 2 aliphatic carbocycles. The van der Waals surface area contributed by atoms with E-state index in [1.165, 1.54) is 12.1 Å². The van der Waals surface area contributed by atoms with Gasteiger partial charge in [0.2, 0.25) is 0 Å². The molecule has 166 valence electrons. The van der Waals surface area contributed by atoms with Crippen molar-refractivity contribution in [2.75, 3.05) is 5.75 Å². The van der Waals surface area contributed by atoms with E-state index in [0.717, 1.165) is 17.7 Å². The van der Waals surface area contributed by atoms with Crippen LogP contribution < -0.4 is 36.2 Å². The van der Waals surface area contributed by atoms with Crippen molar-refractivity contribution in [2.24, 2.45) is 5.73 Å². The Hall–Kier alpha value is -2.50.